The van der Waals surface area contributed by atoms with Gasteiger partial charge in [-0.3, -0.25) is 4.79 Å². The Morgan fingerprint density at radius 1 is 1.59 bits per heavy atom. The first-order valence-corrected chi connectivity index (χ1v) is 6.11. The van der Waals surface area contributed by atoms with Crippen LogP contribution in [0.4, 0.5) is 5.69 Å². The summed E-state index contributed by atoms with van der Waals surface area (Å²) in [6.45, 7) is 4.19. The van der Waals surface area contributed by atoms with Gasteiger partial charge < -0.3 is 15.8 Å². The van der Waals surface area contributed by atoms with Crippen LogP contribution in [0.3, 0.4) is 0 Å². The summed E-state index contributed by atoms with van der Waals surface area (Å²) in [6.07, 6.45) is -0.0104. The molecule has 1 amide bonds. The topological polar surface area (TPSA) is 64.3 Å². The lowest BCUT2D eigenvalue weighted by Gasteiger charge is -2.13. The van der Waals surface area contributed by atoms with Gasteiger partial charge in [0.2, 0.25) is 0 Å². The van der Waals surface area contributed by atoms with Gasteiger partial charge in [-0.2, -0.15) is 0 Å². The maximum Gasteiger partial charge on any atom is 0.251 e. The van der Waals surface area contributed by atoms with Crippen molar-refractivity contribution in [1.82, 2.24) is 5.32 Å². The van der Waals surface area contributed by atoms with Crippen LogP contribution in [0.2, 0.25) is 0 Å². The highest BCUT2D eigenvalue weighted by atomic mass is 79.9. The van der Waals surface area contributed by atoms with Gasteiger partial charge in [-0.05, 0) is 31.5 Å². The van der Waals surface area contributed by atoms with E-state index in [0.29, 0.717) is 17.8 Å². The molecule has 0 aliphatic rings. The summed E-state index contributed by atoms with van der Waals surface area (Å²) in [5, 5.41) is 2.80. The Labute approximate surface area is 110 Å². The van der Waals surface area contributed by atoms with Gasteiger partial charge in [0.05, 0.1) is 6.10 Å². The highest BCUT2D eigenvalue weighted by molar-refractivity contribution is 9.10. The lowest BCUT2D eigenvalue weighted by Crippen LogP contribution is -2.32. The molecule has 1 atom stereocenters. The highest BCUT2D eigenvalue weighted by Crippen LogP contribution is 2.22. The second-order valence-electron chi connectivity index (χ2n) is 3.92. The average Bonchev–Trinajstić information content (AvgIpc) is 2.30. The lowest BCUT2D eigenvalue weighted by molar-refractivity contribution is 0.0870. The fourth-order valence-electron chi connectivity index (χ4n) is 1.35. The summed E-state index contributed by atoms with van der Waals surface area (Å²) in [5.74, 6) is -0.139. The Kier molecular flexibility index (Phi) is 4.96. The Balaban J connectivity index is 2.82. The molecule has 0 aliphatic carbocycles. The molecule has 0 aromatic heterocycles. The smallest absolute Gasteiger partial charge is 0.251 e. The van der Waals surface area contributed by atoms with E-state index >= 15 is 0 Å². The average molecular weight is 301 g/mol. The molecule has 5 heteroatoms. The summed E-state index contributed by atoms with van der Waals surface area (Å²) in [6, 6.07) is 3.54. The summed E-state index contributed by atoms with van der Waals surface area (Å²) in [4.78, 5) is 11.9. The van der Waals surface area contributed by atoms with Crippen LogP contribution in [0.5, 0.6) is 0 Å². The largest absolute Gasteiger partial charge is 0.398 e. The Morgan fingerprint density at radius 3 is 2.82 bits per heavy atom. The Hall–Kier alpha value is -1.07. The van der Waals surface area contributed by atoms with E-state index in [9.17, 15) is 4.79 Å². The van der Waals surface area contributed by atoms with E-state index in [1.54, 1.807) is 19.2 Å². The minimum atomic E-state index is -0.139. The third-order valence-corrected chi connectivity index (χ3v) is 3.07. The number of benzene rings is 1. The molecule has 0 radical (unpaired) electrons. The van der Waals surface area contributed by atoms with E-state index in [4.69, 9.17) is 10.5 Å². The predicted molar refractivity (Wildman–Crippen MR) is 72.1 cm³/mol. The summed E-state index contributed by atoms with van der Waals surface area (Å²) in [7, 11) is 1.61. The van der Waals surface area contributed by atoms with Crippen molar-refractivity contribution in [3.63, 3.8) is 0 Å². The molecule has 0 fully saturated rings. The first kappa shape index (κ1) is 14.0. The number of anilines is 1. The van der Waals surface area contributed by atoms with Crippen molar-refractivity contribution in [2.45, 2.75) is 20.0 Å². The molecule has 0 heterocycles. The van der Waals surface area contributed by atoms with E-state index < -0.39 is 0 Å². The van der Waals surface area contributed by atoms with Crippen LogP contribution < -0.4 is 11.1 Å². The number of methoxy groups -OCH3 is 1. The molecule has 4 nitrogen and oxygen atoms in total. The van der Waals surface area contributed by atoms with Crippen molar-refractivity contribution in [2.75, 3.05) is 19.4 Å². The molecule has 1 aromatic carbocycles. The third kappa shape index (κ3) is 3.71. The number of hydrogen-bond donors (Lipinski definition) is 2. The molecule has 17 heavy (non-hydrogen) atoms. The van der Waals surface area contributed by atoms with Crippen LogP contribution in [0.15, 0.2) is 16.6 Å². The number of ether oxygens (including phenoxy) is 1. The van der Waals surface area contributed by atoms with Gasteiger partial charge in [-0.1, -0.05) is 15.9 Å². The van der Waals surface area contributed by atoms with E-state index in [2.05, 4.69) is 21.2 Å². The molecule has 1 rings (SSSR count). The summed E-state index contributed by atoms with van der Waals surface area (Å²) in [5.41, 5.74) is 7.78. The summed E-state index contributed by atoms with van der Waals surface area (Å²) < 4.78 is 5.86. The number of nitrogens with one attached hydrogen (secondary N) is 1. The molecule has 94 valence electrons. The molecule has 0 saturated heterocycles. The van der Waals surface area contributed by atoms with Crippen LogP contribution in [0, 0.1) is 6.92 Å². The molecule has 1 aromatic rings. The monoisotopic (exact) mass is 300 g/mol. The maximum atomic E-state index is 11.9. The number of hydrogen-bond acceptors (Lipinski definition) is 3. The van der Waals surface area contributed by atoms with Gasteiger partial charge in [0.25, 0.3) is 5.91 Å². The molecule has 0 spiro atoms. The number of rotatable bonds is 4. The van der Waals surface area contributed by atoms with E-state index in [1.807, 2.05) is 13.8 Å². The molecular weight excluding hydrogens is 284 g/mol. The van der Waals surface area contributed by atoms with Crippen molar-refractivity contribution in [3.8, 4) is 0 Å². The van der Waals surface area contributed by atoms with Gasteiger partial charge in [-0.15, -0.1) is 0 Å². The van der Waals surface area contributed by atoms with Gasteiger partial charge in [0.15, 0.2) is 0 Å². The number of nitrogens with two attached hydrogens (primary N) is 1. The standard InChI is InChI=1S/C12H17BrN2O2/c1-7(17-3)6-15-12(16)10-4-9(13)5-11(14)8(10)2/h4-5,7H,6,14H2,1-3H3,(H,15,16). The molecule has 0 aliphatic heterocycles. The number of halogens is 1. The lowest BCUT2D eigenvalue weighted by atomic mass is 10.1. The minimum Gasteiger partial charge on any atom is -0.398 e. The number of carbonyl (C=O) groups excluding carboxylic acids is 1. The van der Waals surface area contributed by atoms with Crippen molar-refractivity contribution >= 4 is 27.5 Å². The maximum absolute atomic E-state index is 11.9. The minimum absolute atomic E-state index is 0.0104. The first-order chi connectivity index (χ1) is 7.95. The molecule has 0 bridgehead atoms. The number of nitrogen functional groups attached to an aromatic ring is 1. The first-order valence-electron chi connectivity index (χ1n) is 5.32. The molecule has 3 N–H and O–H groups in total. The fourth-order valence-corrected chi connectivity index (χ4v) is 1.83. The van der Waals surface area contributed by atoms with Crippen LogP contribution in [0.1, 0.15) is 22.8 Å². The predicted octanol–water partition coefficient (Wildman–Crippen LogP) is 2.10. The zero-order valence-corrected chi connectivity index (χ0v) is 11.8. The second-order valence-corrected chi connectivity index (χ2v) is 4.84. The van der Waals surface area contributed by atoms with Gasteiger partial charge >= 0.3 is 0 Å². The van der Waals surface area contributed by atoms with Gasteiger partial charge in [0.1, 0.15) is 0 Å². The van der Waals surface area contributed by atoms with Gasteiger partial charge in [-0.25, -0.2) is 0 Å². The van der Waals surface area contributed by atoms with Crippen LogP contribution in [0.25, 0.3) is 0 Å². The van der Waals surface area contributed by atoms with Gasteiger partial charge in [0, 0.05) is 29.4 Å². The van der Waals surface area contributed by atoms with E-state index in [0.717, 1.165) is 10.0 Å². The normalized spacial score (nSPS) is 12.2. The zero-order chi connectivity index (χ0) is 13.0. The SMILES string of the molecule is COC(C)CNC(=O)c1cc(Br)cc(N)c1C. The second kappa shape index (κ2) is 6.02. The summed E-state index contributed by atoms with van der Waals surface area (Å²) >= 11 is 3.32. The van der Waals surface area contributed by atoms with E-state index in [-0.39, 0.29) is 12.0 Å². The molecule has 1 unspecified atom stereocenters. The number of carbonyl (C=O) groups is 1. The fraction of sp³-hybridized carbons (Fsp3) is 0.417. The highest BCUT2D eigenvalue weighted by Gasteiger charge is 2.12. The quantitative estimate of drug-likeness (QED) is 0.837. The third-order valence-electron chi connectivity index (χ3n) is 2.61. The number of amides is 1. The van der Waals surface area contributed by atoms with Crippen molar-refractivity contribution < 1.29 is 9.53 Å². The van der Waals surface area contributed by atoms with Crippen LogP contribution in [-0.4, -0.2) is 25.7 Å². The Bertz CT molecular complexity index is 421. The van der Waals surface area contributed by atoms with Crippen molar-refractivity contribution in [2.24, 2.45) is 0 Å². The van der Waals surface area contributed by atoms with Crippen molar-refractivity contribution in [1.29, 1.82) is 0 Å². The van der Waals surface area contributed by atoms with Crippen LogP contribution in [-0.2, 0) is 4.74 Å². The zero-order valence-electron chi connectivity index (χ0n) is 10.2. The molecule has 0 saturated carbocycles. The van der Waals surface area contributed by atoms with Crippen LogP contribution >= 0.6 is 15.9 Å². The molecular formula is C12H17BrN2O2. The van der Waals surface area contributed by atoms with E-state index in [1.165, 1.54) is 0 Å². The van der Waals surface area contributed by atoms with Crippen molar-refractivity contribution in [3.05, 3.63) is 27.7 Å². The Morgan fingerprint density at radius 2 is 2.24 bits per heavy atom.